The monoisotopic (exact) mass is 479 g/mol. The van der Waals surface area contributed by atoms with Crippen LogP contribution >= 0.6 is 0 Å². The number of rotatable bonds is 7. The fourth-order valence-corrected chi connectivity index (χ4v) is 5.32. The first-order valence-corrected chi connectivity index (χ1v) is 12.6. The Balaban J connectivity index is 1.33. The second kappa shape index (κ2) is 9.99. The highest BCUT2D eigenvalue weighted by Gasteiger charge is 2.26. The highest BCUT2D eigenvalue weighted by atomic mass is 16.5. The van der Waals surface area contributed by atoms with Gasteiger partial charge in [-0.1, -0.05) is 23.4 Å². The van der Waals surface area contributed by atoms with Crippen molar-refractivity contribution in [2.75, 3.05) is 26.2 Å². The van der Waals surface area contributed by atoms with Crippen LogP contribution in [0.15, 0.2) is 82.6 Å². The number of benzene rings is 2. The first-order valence-electron chi connectivity index (χ1n) is 12.6. The zero-order valence-electron chi connectivity index (χ0n) is 20.2. The fourth-order valence-electron chi connectivity index (χ4n) is 5.32. The minimum Gasteiger partial charge on any atom is -0.492 e. The number of aromatic nitrogens is 1. The first kappa shape index (κ1) is 22.6. The maximum absolute atomic E-state index is 9.64. The smallest absolute Gasteiger partial charge is 0.142 e. The lowest BCUT2D eigenvalue weighted by molar-refractivity contribution is 0.238. The second-order valence-electron chi connectivity index (χ2n) is 9.40. The number of hydrogen-bond donors (Lipinski definition) is 1. The number of furan rings is 1. The van der Waals surface area contributed by atoms with Gasteiger partial charge in [0.15, 0.2) is 0 Å². The van der Waals surface area contributed by atoms with Crippen LogP contribution in [0.4, 0.5) is 0 Å². The zero-order chi connectivity index (χ0) is 24.3. The molecule has 0 amide bonds. The maximum Gasteiger partial charge on any atom is 0.142 e. The van der Waals surface area contributed by atoms with E-state index in [2.05, 4.69) is 39.3 Å². The number of likely N-dealkylation sites (tertiary alicyclic amines) is 1. The minimum atomic E-state index is 0.699. The molecule has 1 N–H and O–H groups in total. The predicted molar refractivity (Wildman–Crippen MR) is 141 cm³/mol. The van der Waals surface area contributed by atoms with E-state index in [9.17, 15) is 5.21 Å². The molecule has 2 aromatic heterocycles. The highest BCUT2D eigenvalue weighted by Crippen LogP contribution is 2.42. The maximum atomic E-state index is 9.64. The highest BCUT2D eigenvalue weighted by molar-refractivity contribution is 6.10. The molecule has 6 heteroatoms. The molecule has 182 valence electrons. The Morgan fingerprint density at radius 3 is 2.50 bits per heavy atom. The van der Waals surface area contributed by atoms with E-state index in [1.807, 2.05) is 36.4 Å². The molecular weight excluding hydrogens is 450 g/mol. The molecule has 6 nitrogen and oxygen atoms in total. The lowest BCUT2D eigenvalue weighted by atomic mass is 9.94. The summed E-state index contributed by atoms with van der Waals surface area (Å²) in [7, 11) is 0. The fraction of sp³-hybridized carbons (Fsp3) is 0.267. The molecule has 0 bridgehead atoms. The van der Waals surface area contributed by atoms with Crippen molar-refractivity contribution in [3.63, 3.8) is 0 Å². The molecule has 0 saturated carbocycles. The Bertz CT molecular complexity index is 1370. The van der Waals surface area contributed by atoms with Crippen molar-refractivity contribution in [2.45, 2.75) is 25.7 Å². The van der Waals surface area contributed by atoms with Crippen molar-refractivity contribution in [3.8, 4) is 39.5 Å². The van der Waals surface area contributed by atoms with Crippen LogP contribution in [0.1, 0.15) is 30.4 Å². The third-order valence-corrected chi connectivity index (χ3v) is 7.17. The number of hydrogen-bond acceptors (Lipinski definition) is 6. The quantitative estimate of drug-likeness (QED) is 0.250. The van der Waals surface area contributed by atoms with Crippen LogP contribution in [0.2, 0.25) is 0 Å². The van der Waals surface area contributed by atoms with E-state index in [-0.39, 0.29) is 0 Å². The molecule has 0 atom stereocenters. The topological polar surface area (TPSA) is 71.1 Å². The average molecular weight is 480 g/mol. The number of oxime groups is 1. The Morgan fingerprint density at radius 2 is 1.72 bits per heavy atom. The molecule has 1 fully saturated rings. The molecular formula is C30H29N3O3. The van der Waals surface area contributed by atoms with Crippen molar-refractivity contribution in [1.29, 1.82) is 0 Å². The van der Waals surface area contributed by atoms with Gasteiger partial charge in [0.25, 0.3) is 0 Å². The normalized spacial score (nSPS) is 16.5. The number of fused-ring (bicyclic) bond motifs is 1. The van der Waals surface area contributed by atoms with Gasteiger partial charge < -0.3 is 14.4 Å². The van der Waals surface area contributed by atoms with E-state index in [0.717, 1.165) is 70.2 Å². The summed E-state index contributed by atoms with van der Waals surface area (Å²) in [4.78, 5) is 6.62. The Kier molecular flexibility index (Phi) is 6.26. The van der Waals surface area contributed by atoms with E-state index < -0.39 is 0 Å². The summed E-state index contributed by atoms with van der Waals surface area (Å²) in [5, 5.41) is 13.2. The van der Waals surface area contributed by atoms with Crippen molar-refractivity contribution >= 4 is 5.71 Å². The van der Waals surface area contributed by atoms with Gasteiger partial charge in [-0.2, -0.15) is 0 Å². The van der Waals surface area contributed by atoms with E-state index in [0.29, 0.717) is 6.61 Å². The molecule has 3 heterocycles. The van der Waals surface area contributed by atoms with Crippen molar-refractivity contribution in [1.82, 2.24) is 9.88 Å². The van der Waals surface area contributed by atoms with Crippen molar-refractivity contribution < 1.29 is 14.4 Å². The summed E-state index contributed by atoms with van der Waals surface area (Å²) in [6, 6.07) is 20.3. The molecule has 0 spiro atoms. The van der Waals surface area contributed by atoms with Crippen LogP contribution in [0.5, 0.6) is 5.75 Å². The molecule has 1 aliphatic heterocycles. The van der Waals surface area contributed by atoms with Crippen LogP contribution in [0.25, 0.3) is 33.8 Å². The van der Waals surface area contributed by atoms with Gasteiger partial charge in [-0.05, 0) is 92.4 Å². The molecule has 2 aromatic carbocycles. The van der Waals surface area contributed by atoms with Gasteiger partial charge in [-0.3, -0.25) is 9.88 Å². The number of nitrogens with zero attached hydrogens (tertiary/aromatic N) is 3. The SMILES string of the molecule is O/N=C1\CCc2cccc(-c3cc(-c4ccc(OCCN5CCCC5)cc4)oc3-c3ccncc3)c21. The number of ether oxygens (including phenoxy) is 1. The van der Waals surface area contributed by atoms with Gasteiger partial charge >= 0.3 is 0 Å². The summed E-state index contributed by atoms with van der Waals surface area (Å²) >= 11 is 0. The zero-order valence-corrected chi connectivity index (χ0v) is 20.2. The Hall–Kier alpha value is -3.90. The Morgan fingerprint density at radius 1 is 0.917 bits per heavy atom. The van der Waals surface area contributed by atoms with Gasteiger partial charge in [0.05, 0.1) is 5.71 Å². The number of pyridine rings is 1. The summed E-state index contributed by atoms with van der Waals surface area (Å²) < 4.78 is 12.5. The lowest BCUT2D eigenvalue weighted by Crippen LogP contribution is -2.25. The summed E-state index contributed by atoms with van der Waals surface area (Å²) in [6.45, 7) is 4.03. The van der Waals surface area contributed by atoms with Gasteiger partial charge in [-0.15, -0.1) is 0 Å². The third-order valence-electron chi connectivity index (χ3n) is 7.17. The summed E-state index contributed by atoms with van der Waals surface area (Å²) in [5.41, 5.74) is 6.84. The van der Waals surface area contributed by atoms with Crippen LogP contribution in [-0.4, -0.2) is 47.0 Å². The van der Waals surface area contributed by atoms with Crippen LogP contribution < -0.4 is 4.74 Å². The predicted octanol–water partition coefficient (Wildman–Crippen LogP) is 6.27. The van der Waals surface area contributed by atoms with Gasteiger partial charge in [0, 0.05) is 41.2 Å². The largest absolute Gasteiger partial charge is 0.492 e. The third kappa shape index (κ3) is 4.40. The lowest BCUT2D eigenvalue weighted by Gasteiger charge is -2.14. The Labute approximate surface area is 210 Å². The van der Waals surface area contributed by atoms with Crippen LogP contribution in [-0.2, 0) is 6.42 Å². The number of aryl methyl sites for hydroxylation is 1. The molecule has 1 saturated heterocycles. The van der Waals surface area contributed by atoms with Crippen LogP contribution in [0, 0.1) is 0 Å². The molecule has 0 unspecified atom stereocenters. The average Bonchev–Trinajstić information content (AvgIpc) is 3.69. The van der Waals surface area contributed by atoms with E-state index in [4.69, 9.17) is 9.15 Å². The van der Waals surface area contributed by atoms with Gasteiger partial charge in [0.1, 0.15) is 23.9 Å². The van der Waals surface area contributed by atoms with Crippen molar-refractivity contribution in [2.24, 2.45) is 5.16 Å². The van der Waals surface area contributed by atoms with E-state index in [1.54, 1.807) is 12.4 Å². The standard InChI is InChI=1S/C30H29N3O3/c34-32-27-11-8-22-4-3-5-25(29(22)27)26-20-28(36-30(26)23-12-14-31-15-13-23)21-6-9-24(10-7-21)35-19-18-33-16-1-2-17-33/h3-7,9-10,12-15,20,34H,1-2,8,11,16-19H2/b32-27+. The molecule has 0 radical (unpaired) electrons. The molecule has 6 rings (SSSR count). The molecule has 4 aromatic rings. The second-order valence-corrected chi connectivity index (χ2v) is 9.40. The van der Waals surface area contributed by atoms with Gasteiger partial charge in [0.2, 0.25) is 0 Å². The van der Waals surface area contributed by atoms with Gasteiger partial charge in [-0.25, -0.2) is 0 Å². The summed E-state index contributed by atoms with van der Waals surface area (Å²) in [6.07, 6.45) is 7.73. The van der Waals surface area contributed by atoms with E-state index in [1.165, 1.54) is 31.5 Å². The van der Waals surface area contributed by atoms with Crippen LogP contribution in [0.3, 0.4) is 0 Å². The summed E-state index contributed by atoms with van der Waals surface area (Å²) in [5.74, 6) is 2.42. The first-order chi connectivity index (χ1) is 17.8. The molecule has 2 aliphatic rings. The van der Waals surface area contributed by atoms with E-state index >= 15 is 0 Å². The molecule has 36 heavy (non-hydrogen) atoms. The molecule has 1 aliphatic carbocycles. The van der Waals surface area contributed by atoms with Crippen molar-refractivity contribution in [3.05, 3.63) is 84.2 Å². The minimum absolute atomic E-state index is 0.699.